The molecule has 0 aliphatic carbocycles. The van der Waals surface area contributed by atoms with Crippen LogP contribution in [0.1, 0.15) is 22.3 Å². The summed E-state index contributed by atoms with van der Waals surface area (Å²) in [6.45, 7) is 8.16. The third-order valence-electron chi connectivity index (χ3n) is 7.32. The van der Waals surface area contributed by atoms with Gasteiger partial charge < -0.3 is 10.2 Å². The molecule has 6 rings (SSSR count). The summed E-state index contributed by atoms with van der Waals surface area (Å²) in [4.78, 5) is 0. The Hall–Kier alpha value is -3.37. The Morgan fingerprint density at radius 3 is 1.10 bits per heavy atom. The first kappa shape index (κ1) is 29.6. The van der Waals surface area contributed by atoms with Crippen LogP contribution in [0.3, 0.4) is 0 Å². The number of rotatable bonds is 3. The van der Waals surface area contributed by atoms with Gasteiger partial charge in [-0.25, -0.2) is 0 Å². The summed E-state index contributed by atoms with van der Waals surface area (Å²) in [6, 6.07) is 32.1. The van der Waals surface area contributed by atoms with Crippen LogP contribution in [0.15, 0.2) is 97.1 Å². The molecular formula is C36H28Li2O2. The number of hydrogen-bond donors (Lipinski definition) is 0. The number of benzene rings is 6. The third kappa shape index (κ3) is 5.22. The molecule has 6 aromatic rings. The van der Waals surface area contributed by atoms with Gasteiger partial charge in [0.15, 0.2) is 0 Å². The maximum Gasteiger partial charge on any atom is 1.00 e. The van der Waals surface area contributed by atoms with E-state index in [0.29, 0.717) is 22.3 Å². The van der Waals surface area contributed by atoms with Gasteiger partial charge in [0.05, 0.1) is 0 Å². The first-order chi connectivity index (χ1) is 18.3. The van der Waals surface area contributed by atoms with Crippen molar-refractivity contribution >= 4 is 21.5 Å². The van der Waals surface area contributed by atoms with Crippen LogP contribution in [0, 0.1) is 27.7 Å². The van der Waals surface area contributed by atoms with Crippen molar-refractivity contribution in [3.8, 4) is 44.9 Å². The van der Waals surface area contributed by atoms with Crippen molar-refractivity contribution in [2.24, 2.45) is 0 Å². The van der Waals surface area contributed by atoms with Gasteiger partial charge in [0.1, 0.15) is 0 Å². The Morgan fingerprint density at radius 2 is 0.750 bits per heavy atom. The summed E-state index contributed by atoms with van der Waals surface area (Å²) in [5.41, 5.74) is 8.33. The van der Waals surface area contributed by atoms with Crippen molar-refractivity contribution in [3.05, 3.63) is 119 Å². The predicted molar refractivity (Wildman–Crippen MR) is 156 cm³/mol. The molecule has 6 aromatic carbocycles. The Morgan fingerprint density at radius 1 is 0.425 bits per heavy atom. The molecule has 0 aromatic heterocycles. The Bertz CT molecular complexity index is 1710. The van der Waals surface area contributed by atoms with E-state index in [0.717, 1.165) is 54.9 Å². The fourth-order valence-electron chi connectivity index (χ4n) is 5.84. The Balaban J connectivity index is 0.00000185. The Kier molecular flexibility index (Phi) is 8.61. The number of fused-ring (bicyclic) bond motifs is 2. The van der Waals surface area contributed by atoms with E-state index in [4.69, 9.17) is 0 Å². The number of hydrogen-bond acceptors (Lipinski definition) is 2. The van der Waals surface area contributed by atoms with Crippen LogP contribution in [-0.4, -0.2) is 0 Å². The van der Waals surface area contributed by atoms with Crippen molar-refractivity contribution in [2.75, 3.05) is 0 Å². The second kappa shape index (κ2) is 11.6. The van der Waals surface area contributed by atoms with E-state index in [1.807, 2.05) is 113 Å². The van der Waals surface area contributed by atoms with Crippen LogP contribution < -0.4 is 47.9 Å². The van der Waals surface area contributed by atoms with E-state index in [1.165, 1.54) is 0 Å². The molecule has 0 fully saturated rings. The summed E-state index contributed by atoms with van der Waals surface area (Å²) in [6.07, 6.45) is 0. The average molecular weight is 507 g/mol. The van der Waals surface area contributed by atoms with Gasteiger partial charge in [-0.05, 0) is 94.8 Å². The zero-order chi connectivity index (χ0) is 26.6. The molecule has 0 aliphatic rings. The molecule has 186 valence electrons. The molecule has 2 nitrogen and oxygen atoms in total. The molecule has 0 spiro atoms. The first-order valence-electron chi connectivity index (χ1n) is 12.9. The van der Waals surface area contributed by atoms with Gasteiger partial charge in [-0.2, -0.15) is 0 Å². The van der Waals surface area contributed by atoms with E-state index in [2.05, 4.69) is 12.1 Å². The van der Waals surface area contributed by atoms with Gasteiger partial charge in [0.25, 0.3) is 0 Å². The van der Waals surface area contributed by atoms with Crippen LogP contribution >= 0.6 is 0 Å². The maximum absolute atomic E-state index is 14.4. The van der Waals surface area contributed by atoms with Crippen LogP contribution in [0.5, 0.6) is 11.5 Å². The molecule has 0 aliphatic heterocycles. The van der Waals surface area contributed by atoms with Gasteiger partial charge >= 0.3 is 37.7 Å². The second-order valence-corrected chi connectivity index (χ2v) is 10.5. The van der Waals surface area contributed by atoms with Gasteiger partial charge in [-0.1, -0.05) is 119 Å². The monoisotopic (exact) mass is 506 g/mol. The van der Waals surface area contributed by atoms with Gasteiger partial charge in [0, 0.05) is 0 Å². The fourth-order valence-corrected chi connectivity index (χ4v) is 5.84. The molecule has 40 heavy (non-hydrogen) atoms. The quantitative estimate of drug-likeness (QED) is 0.346. The van der Waals surface area contributed by atoms with Gasteiger partial charge in [0.2, 0.25) is 0 Å². The molecule has 4 heteroatoms. The van der Waals surface area contributed by atoms with Crippen LogP contribution in [0.2, 0.25) is 0 Å². The predicted octanol–water partition coefficient (Wildman–Crippen LogP) is 2.38. The normalized spacial score (nSPS) is 10.8. The summed E-state index contributed by atoms with van der Waals surface area (Å²) >= 11 is 0. The average Bonchev–Trinajstić information content (AvgIpc) is 2.87. The van der Waals surface area contributed by atoms with Crippen molar-refractivity contribution < 1.29 is 47.9 Å². The molecule has 0 atom stereocenters. The van der Waals surface area contributed by atoms with Crippen LogP contribution in [0.25, 0.3) is 54.9 Å². The van der Waals surface area contributed by atoms with E-state index in [-0.39, 0.29) is 49.2 Å². The molecular weight excluding hydrogens is 478 g/mol. The van der Waals surface area contributed by atoms with Crippen molar-refractivity contribution in [3.63, 3.8) is 0 Å². The SMILES string of the molecule is Cc1cc(C)cc(-c2cc3ccccc3c(-c3c([O-])c(-c4cc(C)cc(C)c4)cc4ccccc34)c2[O-])c1.[Li+].[Li+]. The third-order valence-corrected chi connectivity index (χ3v) is 7.32. The molecule has 0 saturated carbocycles. The van der Waals surface area contributed by atoms with Crippen molar-refractivity contribution in [1.29, 1.82) is 0 Å². The van der Waals surface area contributed by atoms with Crippen LogP contribution in [-0.2, 0) is 0 Å². The minimum Gasteiger partial charge on any atom is -0.872 e. The summed E-state index contributed by atoms with van der Waals surface area (Å²) < 4.78 is 0. The zero-order valence-electron chi connectivity index (χ0n) is 24.1. The molecule has 0 saturated heterocycles. The van der Waals surface area contributed by atoms with Crippen molar-refractivity contribution in [2.45, 2.75) is 27.7 Å². The molecule has 0 heterocycles. The van der Waals surface area contributed by atoms with Crippen LogP contribution in [0.4, 0.5) is 0 Å². The zero-order valence-corrected chi connectivity index (χ0v) is 24.1. The molecule has 0 radical (unpaired) electrons. The summed E-state index contributed by atoms with van der Waals surface area (Å²) in [7, 11) is 0. The number of aryl methyl sites for hydroxylation is 4. The van der Waals surface area contributed by atoms with Gasteiger partial charge in [-0.3, -0.25) is 0 Å². The molecule has 0 amide bonds. The molecule has 0 unspecified atom stereocenters. The fraction of sp³-hybridized carbons (Fsp3) is 0.111. The molecule has 0 bridgehead atoms. The second-order valence-electron chi connectivity index (χ2n) is 10.5. The first-order valence-corrected chi connectivity index (χ1v) is 12.9. The van der Waals surface area contributed by atoms with E-state index in [1.54, 1.807) is 0 Å². The standard InChI is InChI=1S/C36H30O2.2Li/c1-21-13-22(2)16-27(15-21)31-19-25-9-5-7-11-29(25)33(35(31)37)34-30-12-8-6-10-26(30)20-32(36(34)38)28-17-23(3)14-24(4)18-28;;/h5-20,37-38H,1-4H3;;/q;2*+1/p-2. The van der Waals surface area contributed by atoms with E-state index < -0.39 is 0 Å². The maximum atomic E-state index is 14.4. The summed E-state index contributed by atoms with van der Waals surface area (Å²) in [5, 5.41) is 32.3. The molecule has 0 N–H and O–H groups in total. The van der Waals surface area contributed by atoms with Crippen molar-refractivity contribution in [1.82, 2.24) is 0 Å². The van der Waals surface area contributed by atoms with E-state index >= 15 is 0 Å². The Labute approximate surface area is 260 Å². The minimum absolute atomic E-state index is 0. The smallest absolute Gasteiger partial charge is 0.872 e. The topological polar surface area (TPSA) is 46.1 Å². The van der Waals surface area contributed by atoms with E-state index in [9.17, 15) is 10.2 Å². The summed E-state index contributed by atoms with van der Waals surface area (Å²) in [5.74, 6) is -0.234. The minimum atomic E-state index is -0.117. The largest absolute Gasteiger partial charge is 1.00 e. The van der Waals surface area contributed by atoms with Gasteiger partial charge in [-0.15, -0.1) is 0 Å².